The van der Waals surface area contributed by atoms with Gasteiger partial charge < -0.3 is 31.5 Å². The number of aliphatic hydroxyl groups is 2. The van der Waals surface area contributed by atoms with Crippen molar-refractivity contribution in [2.45, 2.75) is 90.8 Å². The molecule has 1 heterocycles. The number of amides is 4. The molecule has 6 N–H and O–H groups in total. The predicted octanol–water partition coefficient (Wildman–Crippen LogP) is -1.21. The smallest absolute Gasteiger partial charge is 0.245 e. The highest BCUT2D eigenvalue weighted by Crippen LogP contribution is 2.13. The Bertz CT molecular complexity index is 585. The van der Waals surface area contributed by atoms with Crippen molar-refractivity contribution in [2.75, 3.05) is 0 Å². The quantitative estimate of drug-likeness (QED) is 0.312. The molecule has 0 unspecified atom stereocenters. The van der Waals surface area contributed by atoms with Gasteiger partial charge >= 0.3 is 0 Å². The minimum absolute atomic E-state index is 0.298. The summed E-state index contributed by atoms with van der Waals surface area (Å²) in [6.07, 6.45) is -1.36. The van der Waals surface area contributed by atoms with Gasteiger partial charge in [-0.15, -0.1) is 0 Å². The lowest BCUT2D eigenvalue weighted by Gasteiger charge is -2.33. The van der Waals surface area contributed by atoms with Crippen LogP contribution in [0.4, 0.5) is 0 Å². The van der Waals surface area contributed by atoms with Crippen molar-refractivity contribution >= 4 is 23.6 Å². The fourth-order valence-corrected chi connectivity index (χ4v) is 3.19. The second kappa shape index (κ2) is 11.3. The number of aliphatic hydroxyl groups excluding tert-OH is 2. The van der Waals surface area contributed by atoms with Crippen LogP contribution in [0.3, 0.4) is 0 Å². The summed E-state index contributed by atoms with van der Waals surface area (Å²) in [5.41, 5.74) is 0. The van der Waals surface area contributed by atoms with Crippen LogP contribution in [0.15, 0.2) is 0 Å². The van der Waals surface area contributed by atoms with Gasteiger partial charge in [0, 0.05) is 0 Å². The highest BCUT2D eigenvalue weighted by atomic mass is 16.3. The molecule has 30 heavy (non-hydrogen) atoms. The average Bonchev–Trinajstić information content (AvgIpc) is 2.69. The van der Waals surface area contributed by atoms with Crippen LogP contribution in [0.1, 0.15) is 54.4 Å². The standard InChI is InChI=1S/C20H36N4O6/c1-7-9(3)13-17(27)23-16(12(6)26)20(30)22-14(10(4)8-2)18(28)24-15(11(5)25)19(29)21-13/h9-16,25-26H,7-8H2,1-6H3,(H,21,29)(H,22,30)(H,23,27)(H,24,28)/t9-,10-,11+,12+,13-,14-,15-,16-/m0/s1. The number of nitrogens with one attached hydrogen (secondary N) is 4. The molecule has 1 aliphatic heterocycles. The third kappa shape index (κ3) is 6.40. The molecule has 0 aliphatic carbocycles. The zero-order valence-electron chi connectivity index (χ0n) is 18.6. The molecular weight excluding hydrogens is 392 g/mol. The van der Waals surface area contributed by atoms with E-state index in [-0.39, 0.29) is 11.8 Å². The van der Waals surface area contributed by atoms with Crippen molar-refractivity contribution < 1.29 is 29.4 Å². The maximum atomic E-state index is 12.9. The molecule has 1 fully saturated rings. The monoisotopic (exact) mass is 428 g/mol. The highest BCUT2D eigenvalue weighted by Gasteiger charge is 2.38. The Labute approximate surface area is 177 Å². The molecule has 0 radical (unpaired) electrons. The second-order valence-electron chi connectivity index (χ2n) is 8.20. The third-order valence-corrected chi connectivity index (χ3v) is 5.71. The molecule has 1 aliphatic rings. The Balaban J connectivity index is 3.42. The van der Waals surface area contributed by atoms with E-state index in [1.807, 2.05) is 13.8 Å². The van der Waals surface area contributed by atoms with Gasteiger partial charge in [-0.1, -0.05) is 40.5 Å². The SMILES string of the molecule is CC[C@H](C)[C@@H]1NC(=O)[C@H]([C@@H](C)O)NC(=O)[C@H]([C@@H](C)CC)NC(=O)[C@H]([C@@H](C)O)NC1=O. The maximum Gasteiger partial charge on any atom is 0.245 e. The van der Waals surface area contributed by atoms with Crippen molar-refractivity contribution in [3.8, 4) is 0 Å². The normalized spacial score (nSPS) is 30.4. The fourth-order valence-electron chi connectivity index (χ4n) is 3.19. The fraction of sp³-hybridized carbons (Fsp3) is 0.800. The summed E-state index contributed by atoms with van der Waals surface area (Å²) in [6, 6.07) is -4.63. The van der Waals surface area contributed by atoms with E-state index in [1.54, 1.807) is 13.8 Å². The molecule has 10 heteroatoms. The summed E-state index contributed by atoms with van der Waals surface area (Å²) in [5.74, 6) is -3.27. The van der Waals surface area contributed by atoms with Gasteiger partial charge in [0.05, 0.1) is 12.2 Å². The number of carbonyl (C=O) groups excluding carboxylic acids is 4. The van der Waals surface area contributed by atoms with Crippen molar-refractivity contribution in [3.63, 3.8) is 0 Å². The van der Waals surface area contributed by atoms with Gasteiger partial charge in [0.2, 0.25) is 23.6 Å². The van der Waals surface area contributed by atoms with Crippen molar-refractivity contribution in [2.24, 2.45) is 11.8 Å². The van der Waals surface area contributed by atoms with Crippen molar-refractivity contribution in [1.82, 2.24) is 21.3 Å². The second-order valence-corrected chi connectivity index (χ2v) is 8.20. The Morgan fingerprint density at radius 3 is 1.07 bits per heavy atom. The third-order valence-electron chi connectivity index (χ3n) is 5.71. The van der Waals surface area contributed by atoms with E-state index in [0.29, 0.717) is 12.8 Å². The van der Waals surface area contributed by atoms with E-state index >= 15 is 0 Å². The molecule has 4 amide bonds. The van der Waals surface area contributed by atoms with Gasteiger partial charge in [0.25, 0.3) is 0 Å². The molecule has 172 valence electrons. The summed E-state index contributed by atoms with van der Waals surface area (Å²) in [4.78, 5) is 51.4. The zero-order chi connectivity index (χ0) is 23.2. The molecule has 0 bridgehead atoms. The van der Waals surface area contributed by atoms with Crippen LogP contribution in [-0.2, 0) is 19.2 Å². The van der Waals surface area contributed by atoms with Gasteiger partial charge in [0.1, 0.15) is 24.2 Å². The lowest BCUT2D eigenvalue weighted by atomic mass is 9.95. The molecule has 8 atom stereocenters. The van der Waals surface area contributed by atoms with Crippen LogP contribution >= 0.6 is 0 Å². The summed E-state index contributed by atoms with van der Waals surface area (Å²) >= 11 is 0. The van der Waals surface area contributed by atoms with E-state index in [9.17, 15) is 29.4 Å². The molecule has 10 nitrogen and oxygen atoms in total. The Morgan fingerprint density at radius 2 is 0.833 bits per heavy atom. The number of carbonyl (C=O) groups is 4. The minimum Gasteiger partial charge on any atom is -0.391 e. The highest BCUT2D eigenvalue weighted by molar-refractivity contribution is 5.98. The first kappa shape index (κ1) is 25.8. The molecule has 1 saturated heterocycles. The summed E-state index contributed by atoms with van der Waals surface area (Å²) in [5, 5.41) is 30.3. The van der Waals surface area contributed by atoms with E-state index in [2.05, 4.69) is 21.3 Å². The molecule has 0 aromatic carbocycles. The van der Waals surface area contributed by atoms with Crippen LogP contribution in [0.25, 0.3) is 0 Å². The predicted molar refractivity (Wildman–Crippen MR) is 110 cm³/mol. The van der Waals surface area contributed by atoms with Gasteiger partial charge in [-0.05, 0) is 25.7 Å². The molecule has 1 rings (SSSR count). The zero-order valence-corrected chi connectivity index (χ0v) is 18.6. The van der Waals surface area contributed by atoms with E-state index in [0.717, 1.165) is 0 Å². The molecule has 0 aromatic rings. The summed E-state index contributed by atoms with van der Waals surface area (Å²) < 4.78 is 0. The first-order valence-corrected chi connectivity index (χ1v) is 10.5. The van der Waals surface area contributed by atoms with Gasteiger partial charge in [-0.2, -0.15) is 0 Å². The number of hydrogen-bond acceptors (Lipinski definition) is 6. The van der Waals surface area contributed by atoms with Crippen LogP contribution in [0.5, 0.6) is 0 Å². The lowest BCUT2D eigenvalue weighted by Crippen LogP contribution is -2.66. The summed E-state index contributed by atoms with van der Waals surface area (Å²) in [7, 11) is 0. The molecule has 0 saturated carbocycles. The van der Waals surface area contributed by atoms with Crippen molar-refractivity contribution in [3.05, 3.63) is 0 Å². The van der Waals surface area contributed by atoms with E-state index in [1.165, 1.54) is 13.8 Å². The maximum absolute atomic E-state index is 12.9. The molecule has 0 spiro atoms. The van der Waals surface area contributed by atoms with Crippen LogP contribution in [0, 0.1) is 11.8 Å². The molecule has 0 aromatic heterocycles. The Morgan fingerprint density at radius 1 is 0.600 bits per heavy atom. The van der Waals surface area contributed by atoms with Crippen LogP contribution in [-0.4, -0.2) is 70.2 Å². The topological polar surface area (TPSA) is 157 Å². The number of hydrogen-bond donors (Lipinski definition) is 6. The van der Waals surface area contributed by atoms with Gasteiger partial charge in [-0.25, -0.2) is 0 Å². The first-order valence-electron chi connectivity index (χ1n) is 10.5. The van der Waals surface area contributed by atoms with Gasteiger partial charge in [0.15, 0.2) is 0 Å². The minimum atomic E-state index is -1.30. The van der Waals surface area contributed by atoms with Crippen molar-refractivity contribution in [1.29, 1.82) is 0 Å². The summed E-state index contributed by atoms with van der Waals surface area (Å²) in [6.45, 7) is 9.89. The largest absolute Gasteiger partial charge is 0.391 e. The first-order chi connectivity index (χ1) is 13.9. The van der Waals surface area contributed by atoms with E-state index < -0.39 is 60.0 Å². The van der Waals surface area contributed by atoms with Crippen LogP contribution in [0.2, 0.25) is 0 Å². The number of rotatable bonds is 6. The lowest BCUT2D eigenvalue weighted by molar-refractivity contribution is -0.140. The average molecular weight is 429 g/mol. The van der Waals surface area contributed by atoms with Crippen LogP contribution < -0.4 is 21.3 Å². The Hall–Kier alpha value is -2.20. The Kier molecular flexibility index (Phi) is 9.70. The molecular formula is C20H36N4O6. The van der Waals surface area contributed by atoms with E-state index in [4.69, 9.17) is 0 Å². The van der Waals surface area contributed by atoms with Gasteiger partial charge in [-0.3, -0.25) is 19.2 Å².